The van der Waals surface area contributed by atoms with E-state index in [-0.39, 0.29) is 11.9 Å². The molecule has 0 amide bonds. The number of carbonyl (C=O) groups excluding carboxylic acids is 1. The molecule has 1 aliphatic rings. The summed E-state index contributed by atoms with van der Waals surface area (Å²) >= 11 is 0. The molecule has 4 heteroatoms. The molecule has 1 saturated carbocycles. The van der Waals surface area contributed by atoms with E-state index in [1.54, 1.807) is 25.3 Å². The highest BCUT2D eigenvalue weighted by Crippen LogP contribution is 2.30. The predicted octanol–water partition coefficient (Wildman–Crippen LogP) is 2.19. The summed E-state index contributed by atoms with van der Waals surface area (Å²) in [5.74, 6) is 1.08. The van der Waals surface area contributed by atoms with E-state index >= 15 is 0 Å². The van der Waals surface area contributed by atoms with Crippen molar-refractivity contribution in [3.63, 3.8) is 0 Å². The zero-order chi connectivity index (χ0) is 13.1. The Morgan fingerprint density at radius 1 is 1.39 bits per heavy atom. The molecule has 1 aromatic rings. The maximum absolute atomic E-state index is 11.5. The average Bonchev–Trinajstić information content (AvgIpc) is 2.74. The first-order valence-electron chi connectivity index (χ1n) is 6.15. The molecule has 0 spiro atoms. The van der Waals surface area contributed by atoms with E-state index in [1.165, 1.54) is 6.92 Å². The molecule has 0 aliphatic heterocycles. The van der Waals surface area contributed by atoms with Crippen LogP contribution in [0, 0.1) is 0 Å². The first-order valence-corrected chi connectivity index (χ1v) is 6.15. The van der Waals surface area contributed by atoms with Crippen LogP contribution in [-0.2, 0) is 0 Å². The third kappa shape index (κ3) is 2.64. The topological polar surface area (TPSA) is 55.8 Å². The standard InChI is InChI=1S/C14H18O4/c1-9(15)11-7-6-10(17-2)8-14(11)18-13-5-3-4-12(13)16/h6-8,12-13,16H,3-5H2,1-2H3. The Labute approximate surface area is 107 Å². The molecule has 98 valence electrons. The van der Waals surface area contributed by atoms with Gasteiger partial charge in [-0.2, -0.15) is 0 Å². The second-order valence-corrected chi connectivity index (χ2v) is 4.57. The third-order valence-electron chi connectivity index (χ3n) is 3.26. The van der Waals surface area contributed by atoms with Gasteiger partial charge in [0.25, 0.3) is 0 Å². The van der Waals surface area contributed by atoms with Crippen molar-refractivity contribution in [2.45, 2.75) is 38.4 Å². The van der Waals surface area contributed by atoms with Crippen LogP contribution in [0.15, 0.2) is 18.2 Å². The molecule has 4 nitrogen and oxygen atoms in total. The lowest BCUT2D eigenvalue weighted by Gasteiger charge is -2.19. The molecule has 0 bridgehead atoms. The number of aliphatic hydroxyl groups excluding tert-OH is 1. The van der Waals surface area contributed by atoms with Crippen LogP contribution in [0.25, 0.3) is 0 Å². The van der Waals surface area contributed by atoms with Gasteiger partial charge in [0.1, 0.15) is 17.6 Å². The lowest BCUT2D eigenvalue weighted by molar-refractivity contribution is 0.0592. The zero-order valence-electron chi connectivity index (χ0n) is 10.7. The van der Waals surface area contributed by atoms with Gasteiger partial charge in [-0.1, -0.05) is 0 Å². The van der Waals surface area contributed by atoms with E-state index in [2.05, 4.69) is 0 Å². The molecule has 1 aromatic carbocycles. The smallest absolute Gasteiger partial charge is 0.163 e. The lowest BCUT2D eigenvalue weighted by Crippen LogP contribution is -2.26. The fourth-order valence-electron chi connectivity index (χ4n) is 2.22. The summed E-state index contributed by atoms with van der Waals surface area (Å²) in [5, 5.41) is 9.77. The van der Waals surface area contributed by atoms with Gasteiger partial charge >= 0.3 is 0 Å². The van der Waals surface area contributed by atoms with Gasteiger partial charge in [-0.05, 0) is 38.3 Å². The average molecular weight is 250 g/mol. The molecule has 1 aliphatic carbocycles. The highest BCUT2D eigenvalue weighted by Gasteiger charge is 2.28. The van der Waals surface area contributed by atoms with Gasteiger partial charge in [0.15, 0.2) is 5.78 Å². The molecule has 2 unspecified atom stereocenters. The molecule has 0 heterocycles. The van der Waals surface area contributed by atoms with Crippen LogP contribution in [0.3, 0.4) is 0 Å². The Morgan fingerprint density at radius 2 is 2.17 bits per heavy atom. The number of Topliss-reactive ketones (excluding diaryl/α,β-unsaturated/α-hetero) is 1. The minimum Gasteiger partial charge on any atom is -0.497 e. The quantitative estimate of drug-likeness (QED) is 0.832. The molecule has 1 N–H and O–H groups in total. The van der Waals surface area contributed by atoms with Gasteiger partial charge in [0.05, 0.1) is 18.8 Å². The Hall–Kier alpha value is -1.55. The molecule has 2 atom stereocenters. The normalized spacial score (nSPS) is 22.8. The minimum atomic E-state index is -0.448. The predicted molar refractivity (Wildman–Crippen MR) is 67.3 cm³/mol. The molecule has 18 heavy (non-hydrogen) atoms. The number of rotatable bonds is 4. The van der Waals surface area contributed by atoms with Gasteiger partial charge in [-0.25, -0.2) is 0 Å². The summed E-state index contributed by atoms with van der Waals surface area (Å²) in [6.07, 6.45) is 1.84. The summed E-state index contributed by atoms with van der Waals surface area (Å²) in [4.78, 5) is 11.5. The largest absolute Gasteiger partial charge is 0.497 e. The van der Waals surface area contributed by atoms with Crippen LogP contribution < -0.4 is 9.47 Å². The Bertz CT molecular complexity index is 441. The van der Waals surface area contributed by atoms with E-state index in [4.69, 9.17) is 9.47 Å². The highest BCUT2D eigenvalue weighted by molar-refractivity contribution is 5.97. The number of benzene rings is 1. The Morgan fingerprint density at radius 3 is 2.72 bits per heavy atom. The first-order chi connectivity index (χ1) is 8.61. The van der Waals surface area contributed by atoms with Crippen LogP contribution in [0.1, 0.15) is 36.5 Å². The van der Waals surface area contributed by atoms with Crippen LogP contribution in [0.5, 0.6) is 11.5 Å². The first kappa shape index (κ1) is 12.9. The van der Waals surface area contributed by atoms with Crippen molar-refractivity contribution >= 4 is 5.78 Å². The summed E-state index contributed by atoms with van der Waals surface area (Å²) in [6, 6.07) is 5.12. The van der Waals surface area contributed by atoms with Crippen LogP contribution in [-0.4, -0.2) is 30.2 Å². The van der Waals surface area contributed by atoms with Crippen molar-refractivity contribution in [1.82, 2.24) is 0 Å². The second-order valence-electron chi connectivity index (χ2n) is 4.57. The molecule has 0 aromatic heterocycles. The molecular formula is C14H18O4. The van der Waals surface area contributed by atoms with E-state index in [0.717, 1.165) is 19.3 Å². The van der Waals surface area contributed by atoms with Gasteiger partial charge in [-0.15, -0.1) is 0 Å². The fraction of sp³-hybridized carbons (Fsp3) is 0.500. The summed E-state index contributed by atoms with van der Waals surface area (Å²) in [6.45, 7) is 1.50. The fourth-order valence-corrected chi connectivity index (χ4v) is 2.22. The number of hydrogen-bond donors (Lipinski definition) is 1. The Balaban J connectivity index is 2.25. The van der Waals surface area contributed by atoms with Crippen molar-refractivity contribution in [1.29, 1.82) is 0 Å². The minimum absolute atomic E-state index is 0.0554. The van der Waals surface area contributed by atoms with Crippen LogP contribution >= 0.6 is 0 Å². The summed E-state index contributed by atoms with van der Waals surface area (Å²) < 4.78 is 10.9. The maximum Gasteiger partial charge on any atom is 0.163 e. The van der Waals surface area contributed by atoms with Crippen molar-refractivity contribution in [2.24, 2.45) is 0 Å². The summed E-state index contributed by atoms with van der Waals surface area (Å²) in [5.41, 5.74) is 0.523. The molecule has 1 fully saturated rings. The number of ketones is 1. The third-order valence-corrected chi connectivity index (χ3v) is 3.26. The van der Waals surface area contributed by atoms with Crippen molar-refractivity contribution in [2.75, 3.05) is 7.11 Å². The van der Waals surface area contributed by atoms with E-state index in [9.17, 15) is 9.90 Å². The van der Waals surface area contributed by atoms with E-state index in [1.807, 2.05) is 0 Å². The van der Waals surface area contributed by atoms with Gasteiger partial charge < -0.3 is 14.6 Å². The zero-order valence-corrected chi connectivity index (χ0v) is 10.7. The van der Waals surface area contributed by atoms with Crippen LogP contribution in [0.2, 0.25) is 0 Å². The number of hydrogen-bond acceptors (Lipinski definition) is 4. The van der Waals surface area contributed by atoms with Crippen molar-refractivity contribution in [3.05, 3.63) is 23.8 Å². The monoisotopic (exact) mass is 250 g/mol. The van der Waals surface area contributed by atoms with Crippen LogP contribution in [0.4, 0.5) is 0 Å². The van der Waals surface area contributed by atoms with E-state index < -0.39 is 6.10 Å². The maximum atomic E-state index is 11.5. The number of aliphatic hydroxyl groups is 1. The summed E-state index contributed by atoms with van der Waals surface area (Å²) in [7, 11) is 1.57. The van der Waals surface area contributed by atoms with Gasteiger partial charge in [0.2, 0.25) is 0 Å². The molecule has 2 rings (SSSR count). The molecular weight excluding hydrogens is 232 g/mol. The number of ether oxygens (including phenoxy) is 2. The number of carbonyl (C=O) groups is 1. The molecule has 0 radical (unpaired) electrons. The second kappa shape index (κ2) is 5.40. The van der Waals surface area contributed by atoms with Crippen molar-refractivity contribution < 1.29 is 19.4 Å². The highest BCUT2D eigenvalue weighted by atomic mass is 16.5. The number of methoxy groups -OCH3 is 1. The van der Waals surface area contributed by atoms with Gasteiger partial charge in [0, 0.05) is 6.07 Å². The van der Waals surface area contributed by atoms with Crippen molar-refractivity contribution in [3.8, 4) is 11.5 Å². The molecule has 0 saturated heterocycles. The van der Waals surface area contributed by atoms with E-state index in [0.29, 0.717) is 17.1 Å². The SMILES string of the molecule is COc1ccc(C(C)=O)c(OC2CCCC2O)c1. The van der Waals surface area contributed by atoms with Gasteiger partial charge in [-0.3, -0.25) is 4.79 Å². The Kier molecular flexibility index (Phi) is 3.87. The lowest BCUT2D eigenvalue weighted by atomic mass is 10.1.